The summed E-state index contributed by atoms with van der Waals surface area (Å²) >= 11 is 13.0. The second-order valence-corrected chi connectivity index (χ2v) is 9.50. The highest BCUT2D eigenvalue weighted by Gasteiger charge is 2.03. The number of halogens is 2. The molecule has 0 fully saturated rings. The number of carbonyl (C=O) groups is 1. The number of carbonyl (C=O) groups excluding carboxylic acids is 1. The number of benzene rings is 4. The minimum atomic E-state index is 0.403. The van der Waals surface area contributed by atoms with E-state index >= 15 is 0 Å². The first kappa shape index (κ1) is 31.2. The molecule has 0 saturated heterocycles. The molecule has 1 amide bonds. The molecule has 12 heteroatoms. The normalized spacial score (nSPS) is 9.76. The van der Waals surface area contributed by atoms with E-state index in [1.165, 1.54) is 18.1 Å². The highest BCUT2D eigenvalue weighted by molar-refractivity contribution is 8.13. The van der Waals surface area contributed by atoms with E-state index in [2.05, 4.69) is 21.0 Å². The first-order valence-corrected chi connectivity index (χ1v) is 13.8. The number of aromatic nitrogens is 3. The van der Waals surface area contributed by atoms with E-state index in [4.69, 9.17) is 42.9 Å². The first-order valence-electron chi connectivity index (χ1n) is 11.9. The van der Waals surface area contributed by atoms with E-state index in [-0.39, 0.29) is 0 Å². The molecule has 0 aliphatic rings. The Bertz CT molecular complexity index is 1480. The smallest absolute Gasteiger partial charge is 0.221 e. The van der Waals surface area contributed by atoms with Crippen molar-refractivity contribution in [2.75, 3.05) is 6.26 Å². The zero-order chi connectivity index (χ0) is 29.5. The quantitative estimate of drug-likeness (QED) is 0.0378. The van der Waals surface area contributed by atoms with E-state index < -0.39 is 0 Å². The molecule has 0 unspecified atom stereocenters. The van der Waals surface area contributed by atoms with Crippen molar-refractivity contribution in [3.05, 3.63) is 119 Å². The summed E-state index contributed by atoms with van der Waals surface area (Å²) in [4.78, 5) is 13.0. The number of nitrogens with one attached hydrogen (secondary N) is 3. The monoisotopic (exact) mass is 608 g/mol. The molecule has 5 aromatic rings. The van der Waals surface area contributed by atoms with E-state index in [0.29, 0.717) is 21.5 Å². The standard InChI is InChI=1S/C14H10ClN3O.C14H12ClNOS.CH4N2O/c15-11-3-7-13(8-4-11)19-12-5-1-10(2-6-12)14-16-9-17-18-14;1-18-14(16)10-2-6-12(7-3-10)17-13-8-4-11(15)5-9-13;2-3-1-4/h1-9H,(H,16,17,18);2-9,16H,1H3;1H,2H2,(H,3,4). The molecule has 9 nitrogen and oxygen atoms in total. The fraction of sp³-hybridized carbons (Fsp3) is 0.0345. The molecule has 41 heavy (non-hydrogen) atoms. The van der Waals surface area contributed by atoms with Gasteiger partial charge in [0.25, 0.3) is 0 Å². The van der Waals surface area contributed by atoms with Crippen molar-refractivity contribution in [2.24, 2.45) is 5.84 Å². The number of thioether (sulfide) groups is 1. The van der Waals surface area contributed by atoms with Crippen molar-refractivity contribution in [1.82, 2.24) is 20.6 Å². The molecule has 0 aliphatic carbocycles. The van der Waals surface area contributed by atoms with E-state index in [9.17, 15) is 0 Å². The van der Waals surface area contributed by atoms with Crippen molar-refractivity contribution in [2.45, 2.75) is 0 Å². The lowest BCUT2D eigenvalue weighted by molar-refractivity contribution is -0.109. The van der Waals surface area contributed by atoms with Gasteiger partial charge in [-0.1, -0.05) is 23.2 Å². The van der Waals surface area contributed by atoms with Gasteiger partial charge in [0.1, 0.15) is 29.3 Å². The minimum Gasteiger partial charge on any atom is -0.457 e. The molecule has 0 bridgehead atoms. The van der Waals surface area contributed by atoms with Gasteiger partial charge in [-0.25, -0.2) is 10.8 Å². The van der Waals surface area contributed by atoms with Crippen LogP contribution in [0.25, 0.3) is 11.4 Å². The highest BCUT2D eigenvalue weighted by atomic mass is 35.5. The molecule has 0 aliphatic heterocycles. The number of H-pyrrole nitrogens is 1. The molecule has 1 heterocycles. The number of hydrogen-bond donors (Lipinski definition) is 4. The third kappa shape index (κ3) is 10.6. The van der Waals surface area contributed by atoms with E-state index in [1.54, 1.807) is 29.7 Å². The highest BCUT2D eigenvalue weighted by Crippen LogP contribution is 2.26. The average molecular weight is 610 g/mol. The first-order chi connectivity index (χ1) is 19.9. The van der Waals surface area contributed by atoms with E-state index in [0.717, 1.165) is 39.9 Å². The lowest BCUT2D eigenvalue weighted by atomic mass is 10.2. The Balaban J connectivity index is 0.000000200. The van der Waals surface area contributed by atoms with Gasteiger partial charge in [0, 0.05) is 21.2 Å². The van der Waals surface area contributed by atoms with Crippen LogP contribution in [0.5, 0.6) is 23.0 Å². The largest absolute Gasteiger partial charge is 0.457 e. The topological polar surface area (TPSA) is 139 Å². The Morgan fingerprint density at radius 1 is 0.829 bits per heavy atom. The average Bonchev–Trinajstić information content (AvgIpc) is 3.56. The number of ether oxygens (including phenoxy) is 2. The van der Waals surface area contributed by atoms with Crippen LogP contribution >= 0.6 is 35.0 Å². The van der Waals surface area contributed by atoms with Crippen LogP contribution in [0, 0.1) is 5.41 Å². The number of rotatable bonds is 7. The van der Waals surface area contributed by atoms with Crippen molar-refractivity contribution >= 4 is 46.4 Å². The van der Waals surface area contributed by atoms with Crippen molar-refractivity contribution in [3.63, 3.8) is 0 Å². The second-order valence-electron chi connectivity index (χ2n) is 7.81. The molecule has 0 spiro atoms. The van der Waals surface area contributed by atoms with Gasteiger partial charge in [0.05, 0.1) is 5.04 Å². The van der Waals surface area contributed by atoms with Gasteiger partial charge in [-0.05, 0) is 103 Å². The summed E-state index contributed by atoms with van der Waals surface area (Å²) in [6, 6.07) is 29.5. The van der Waals surface area contributed by atoms with Gasteiger partial charge in [0.2, 0.25) is 6.41 Å². The Morgan fingerprint density at radius 2 is 1.24 bits per heavy atom. The maximum absolute atomic E-state index is 8.94. The summed E-state index contributed by atoms with van der Waals surface area (Å²) in [5, 5.41) is 16.3. The van der Waals surface area contributed by atoms with Crippen molar-refractivity contribution in [3.8, 4) is 34.4 Å². The number of aromatic amines is 1. The van der Waals surface area contributed by atoms with Crippen LogP contribution in [0.4, 0.5) is 0 Å². The molecule has 0 radical (unpaired) electrons. The molecule has 1 aromatic heterocycles. The Hall–Kier alpha value is -4.35. The van der Waals surface area contributed by atoms with Crippen LogP contribution < -0.4 is 20.7 Å². The molecular formula is C29H26Cl2N6O3S. The summed E-state index contributed by atoms with van der Waals surface area (Å²) in [6.07, 6.45) is 3.77. The number of nitrogens with two attached hydrogens (primary N) is 1. The summed E-state index contributed by atoms with van der Waals surface area (Å²) in [5.41, 5.74) is 3.60. The van der Waals surface area contributed by atoms with Gasteiger partial charge in [-0.15, -0.1) is 11.8 Å². The molecular weight excluding hydrogens is 583 g/mol. The van der Waals surface area contributed by atoms with Crippen LogP contribution in [0.15, 0.2) is 103 Å². The zero-order valence-electron chi connectivity index (χ0n) is 21.8. The van der Waals surface area contributed by atoms with Gasteiger partial charge in [0.15, 0.2) is 5.82 Å². The maximum Gasteiger partial charge on any atom is 0.221 e. The van der Waals surface area contributed by atoms with E-state index in [1.807, 2.05) is 79.1 Å². The summed E-state index contributed by atoms with van der Waals surface area (Å²) < 4.78 is 11.4. The van der Waals surface area contributed by atoms with Crippen molar-refractivity contribution in [1.29, 1.82) is 5.41 Å². The fourth-order valence-corrected chi connectivity index (χ4v) is 3.72. The SMILES string of the molecule is CSC(=N)c1ccc(Oc2ccc(Cl)cc2)cc1.Clc1ccc(Oc2ccc(-c3ncn[nH]3)cc2)cc1.NNC=O. The molecule has 0 atom stereocenters. The number of nitrogens with zero attached hydrogens (tertiary/aromatic N) is 2. The maximum atomic E-state index is 8.94. The Kier molecular flexibility index (Phi) is 12.7. The summed E-state index contributed by atoms with van der Waals surface area (Å²) in [5.74, 6) is 8.13. The third-order valence-electron chi connectivity index (χ3n) is 5.03. The summed E-state index contributed by atoms with van der Waals surface area (Å²) in [6.45, 7) is 0. The Labute approximate surface area is 251 Å². The molecule has 4 aromatic carbocycles. The van der Waals surface area contributed by atoms with Gasteiger partial charge in [-0.2, -0.15) is 5.10 Å². The van der Waals surface area contributed by atoms with Crippen LogP contribution in [-0.4, -0.2) is 32.9 Å². The lowest BCUT2D eigenvalue weighted by Gasteiger charge is -2.06. The molecule has 0 saturated carbocycles. The molecule has 5 rings (SSSR count). The van der Waals surface area contributed by atoms with Crippen LogP contribution in [0.3, 0.4) is 0 Å². The van der Waals surface area contributed by atoms with Crippen LogP contribution in [0.2, 0.25) is 10.0 Å². The predicted octanol–water partition coefficient (Wildman–Crippen LogP) is 7.34. The minimum absolute atomic E-state index is 0.403. The van der Waals surface area contributed by atoms with Gasteiger partial charge in [-0.3, -0.25) is 20.7 Å². The van der Waals surface area contributed by atoms with Crippen LogP contribution in [-0.2, 0) is 4.79 Å². The lowest BCUT2D eigenvalue weighted by Crippen LogP contribution is -2.18. The number of hydrogen-bond acceptors (Lipinski definition) is 8. The fourth-order valence-electron chi connectivity index (χ4n) is 3.10. The number of amides is 1. The predicted molar refractivity (Wildman–Crippen MR) is 165 cm³/mol. The molecule has 210 valence electrons. The number of hydrazine groups is 1. The van der Waals surface area contributed by atoms with Gasteiger partial charge >= 0.3 is 0 Å². The molecule has 5 N–H and O–H groups in total. The summed E-state index contributed by atoms with van der Waals surface area (Å²) in [7, 11) is 0. The zero-order valence-corrected chi connectivity index (χ0v) is 24.1. The Morgan fingerprint density at radius 3 is 1.61 bits per heavy atom. The third-order valence-corrected chi connectivity index (χ3v) is 6.18. The van der Waals surface area contributed by atoms with Crippen LogP contribution in [0.1, 0.15) is 5.56 Å². The van der Waals surface area contributed by atoms with Crippen molar-refractivity contribution < 1.29 is 14.3 Å². The second kappa shape index (κ2) is 16.7. The van der Waals surface area contributed by atoms with Gasteiger partial charge < -0.3 is 9.47 Å².